The lowest BCUT2D eigenvalue weighted by Crippen LogP contribution is -2.46. The summed E-state index contributed by atoms with van der Waals surface area (Å²) >= 11 is 0. The van der Waals surface area contributed by atoms with Crippen molar-refractivity contribution in [3.63, 3.8) is 0 Å². The molecule has 1 aromatic heterocycles. The zero-order valence-corrected chi connectivity index (χ0v) is 21.0. The molecule has 2 heterocycles. The van der Waals surface area contributed by atoms with E-state index in [0.29, 0.717) is 35.4 Å². The van der Waals surface area contributed by atoms with Gasteiger partial charge in [-0.25, -0.2) is 9.37 Å². The number of carbonyl (C=O) groups is 2. The molecular weight excluding hydrogens is 461 g/mol. The first-order chi connectivity index (χ1) is 17.1. The number of aromatic nitrogens is 2. The van der Waals surface area contributed by atoms with Crippen molar-refractivity contribution in [1.29, 1.82) is 0 Å². The molecule has 188 valence electrons. The highest BCUT2D eigenvalue weighted by atomic mass is 19.1. The van der Waals surface area contributed by atoms with Crippen LogP contribution in [0, 0.1) is 5.82 Å². The molecule has 1 aliphatic heterocycles. The molecule has 2 aromatic carbocycles. The maximum atomic E-state index is 14.8. The Bertz CT molecular complexity index is 1360. The number of ether oxygens (including phenoxy) is 1. The Balaban J connectivity index is 1.67. The van der Waals surface area contributed by atoms with Crippen molar-refractivity contribution in [1.82, 2.24) is 14.5 Å². The van der Waals surface area contributed by atoms with Crippen molar-refractivity contribution >= 4 is 11.7 Å². The molecule has 1 atom stereocenters. The summed E-state index contributed by atoms with van der Waals surface area (Å²) in [7, 11) is 1.57. The normalized spacial score (nSPS) is 15.4. The highest BCUT2D eigenvalue weighted by Gasteiger charge is 2.36. The number of halogens is 1. The van der Waals surface area contributed by atoms with Gasteiger partial charge in [0.1, 0.15) is 24.2 Å². The van der Waals surface area contributed by atoms with E-state index in [2.05, 4.69) is 4.98 Å². The summed E-state index contributed by atoms with van der Waals surface area (Å²) in [5.74, 6) is -0.276. The van der Waals surface area contributed by atoms with Crippen LogP contribution in [0.5, 0.6) is 5.75 Å². The van der Waals surface area contributed by atoms with Crippen molar-refractivity contribution in [2.45, 2.75) is 51.6 Å². The van der Waals surface area contributed by atoms with Crippen LogP contribution in [0.15, 0.2) is 59.8 Å². The molecule has 1 aliphatic rings. The predicted octanol–water partition coefficient (Wildman–Crippen LogP) is 3.63. The van der Waals surface area contributed by atoms with Crippen LogP contribution in [-0.4, -0.2) is 39.8 Å². The van der Waals surface area contributed by atoms with Crippen LogP contribution in [0.4, 0.5) is 4.39 Å². The second-order valence-electron chi connectivity index (χ2n) is 10.1. The minimum Gasteiger partial charge on any atom is -0.497 e. The maximum Gasteiger partial charge on any atom is 0.253 e. The van der Waals surface area contributed by atoms with Gasteiger partial charge in [0.15, 0.2) is 5.78 Å². The minimum absolute atomic E-state index is 0.0336. The molecule has 1 amide bonds. The van der Waals surface area contributed by atoms with Crippen molar-refractivity contribution in [2.24, 2.45) is 0 Å². The zero-order chi connectivity index (χ0) is 26.0. The predicted molar refractivity (Wildman–Crippen MR) is 133 cm³/mol. The van der Waals surface area contributed by atoms with Crippen LogP contribution >= 0.6 is 0 Å². The summed E-state index contributed by atoms with van der Waals surface area (Å²) in [6, 6.07) is 10.7. The molecule has 0 saturated heterocycles. The van der Waals surface area contributed by atoms with Gasteiger partial charge in [0.2, 0.25) is 5.91 Å². The Morgan fingerprint density at radius 2 is 1.92 bits per heavy atom. The fraction of sp³-hybridized carbons (Fsp3) is 0.357. The van der Waals surface area contributed by atoms with Gasteiger partial charge in [-0.3, -0.25) is 19.0 Å². The molecule has 0 N–H and O–H groups in total. The van der Waals surface area contributed by atoms with E-state index in [1.807, 2.05) is 26.8 Å². The summed E-state index contributed by atoms with van der Waals surface area (Å²) < 4.78 is 21.4. The fourth-order valence-corrected chi connectivity index (χ4v) is 4.65. The van der Waals surface area contributed by atoms with Crippen molar-refractivity contribution in [3.8, 4) is 5.75 Å². The molecule has 0 unspecified atom stereocenters. The van der Waals surface area contributed by atoms with Gasteiger partial charge >= 0.3 is 0 Å². The number of amides is 1. The number of carbonyl (C=O) groups excluding carboxylic acids is 2. The summed E-state index contributed by atoms with van der Waals surface area (Å²) in [5.41, 5.74) is 2.05. The summed E-state index contributed by atoms with van der Waals surface area (Å²) in [6.07, 6.45) is 3.18. The number of benzene rings is 2. The van der Waals surface area contributed by atoms with E-state index in [-0.39, 0.29) is 41.4 Å². The lowest BCUT2D eigenvalue weighted by molar-refractivity contribution is -0.140. The van der Waals surface area contributed by atoms with Gasteiger partial charge in [0, 0.05) is 25.2 Å². The molecule has 0 aliphatic carbocycles. The third-order valence-corrected chi connectivity index (χ3v) is 6.52. The molecule has 8 heteroatoms. The third kappa shape index (κ3) is 5.22. The maximum absolute atomic E-state index is 14.8. The summed E-state index contributed by atoms with van der Waals surface area (Å²) in [5, 5.41) is 0. The van der Waals surface area contributed by atoms with E-state index in [9.17, 15) is 18.8 Å². The molecular formula is C28H30FN3O4. The monoisotopic (exact) mass is 491 g/mol. The Morgan fingerprint density at radius 1 is 1.14 bits per heavy atom. The quantitative estimate of drug-likeness (QED) is 0.526. The van der Waals surface area contributed by atoms with E-state index < -0.39 is 6.04 Å². The highest BCUT2D eigenvalue weighted by molar-refractivity contribution is 5.92. The van der Waals surface area contributed by atoms with Crippen LogP contribution in [0.2, 0.25) is 0 Å². The second-order valence-corrected chi connectivity index (χ2v) is 10.1. The molecule has 0 bridgehead atoms. The lowest BCUT2D eigenvalue weighted by Gasteiger charge is -2.37. The number of hydrogen-bond donors (Lipinski definition) is 0. The number of rotatable bonds is 6. The van der Waals surface area contributed by atoms with E-state index in [4.69, 9.17) is 4.74 Å². The number of methoxy groups -OCH3 is 1. The van der Waals surface area contributed by atoms with Crippen molar-refractivity contribution < 1.29 is 18.7 Å². The minimum atomic E-state index is -0.857. The van der Waals surface area contributed by atoms with Crippen molar-refractivity contribution in [3.05, 3.63) is 93.4 Å². The lowest BCUT2D eigenvalue weighted by atomic mass is 9.85. The average Bonchev–Trinajstić information content (AvgIpc) is 2.83. The Kier molecular flexibility index (Phi) is 7.06. The fourth-order valence-electron chi connectivity index (χ4n) is 4.65. The zero-order valence-electron chi connectivity index (χ0n) is 21.0. The third-order valence-electron chi connectivity index (χ3n) is 6.52. The molecule has 0 radical (unpaired) electrons. The van der Waals surface area contributed by atoms with Gasteiger partial charge in [-0.2, -0.15) is 0 Å². The largest absolute Gasteiger partial charge is 0.497 e. The molecule has 4 rings (SSSR count). The van der Waals surface area contributed by atoms with Crippen LogP contribution in [0.3, 0.4) is 0 Å². The number of ketones is 1. The standard InChI is InChI=1S/C28H30FN3O4/c1-28(2,3)22-8-5-18(13-23(22)29)14-24(33)27-21-7-6-20(36-4)15-19(21)10-12-32(27)26(35)16-31-17-30-11-9-25(31)34/h5-9,11,13,15,17,27H,10,12,14,16H2,1-4H3/t27-/m1/s1. The number of Topliss-reactive ketones (excluding diaryl/α,β-unsaturated/α-hetero) is 1. The Hall–Kier alpha value is -3.81. The molecule has 0 saturated carbocycles. The van der Waals surface area contributed by atoms with E-state index in [1.54, 1.807) is 31.4 Å². The number of hydrogen-bond acceptors (Lipinski definition) is 5. The average molecular weight is 492 g/mol. The smallest absolute Gasteiger partial charge is 0.253 e. The van der Waals surface area contributed by atoms with Gasteiger partial charge in [0.25, 0.3) is 5.56 Å². The molecule has 0 spiro atoms. The van der Waals surface area contributed by atoms with Gasteiger partial charge < -0.3 is 9.64 Å². The first-order valence-electron chi connectivity index (χ1n) is 11.9. The number of fused-ring (bicyclic) bond motifs is 1. The van der Waals surface area contributed by atoms with Crippen LogP contribution < -0.4 is 10.3 Å². The highest BCUT2D eigenvalue weighted by Crippen LogP contribution is 2.34. The molecule has 7 nitrogen and oxygen atoms in total. The van der Waals surface area contributed by atoms with Crippen LogP contribution in [-0.2, 0) is 34.4 Å². The van der Waals surface area contributed by atoms with Crippen LogP contribution in [0.1, 0.15) is 49.1 Å². The summed E-state index contributed by atoms with van der Waals surface area (Å²) in [4.78, 5) is 44.6. The first kappa shape index (κ1) is 25.3. The van der Waals surface area contributed by atoms with Gasteiger partial charge in [-0.1, -0.05) is 39.0 Å². The molecule has 0 fully saturated rings. The Labute approximate surface area is 209 Å². The van der Waals surface area contributed by atoms with E-state index in [0.717, 1.165) is 5.56 Å². The van der Waals surface area contributed by atoms with E-state index in [1.165, 1.54) is 34.1 Å². The van der Waals surface area contributed by atoms with Gasteiger partial charge in [0.05, 0.1) is 13.4 Å². The molecule has 3 aromatic rings. The SMILES string of the molecule is COc1ccc2c(c1)CCN(C(=O)Cn1cnccc1=O)[C@H]2C(=O)Cc1ccc(C(C)(C)C)c(F)c1. The van der Waals surface area contributed by atoms with E-state index >= 15 is 0 Å². The molecule has 36 heavy (non-hydrogen) atoms. The van der Waals surface area contributed by atoms with Crippen molar-refractivity contribution in [2.75, 3.05) is 13.7 Å². The summed E-state index contributed by atoms with van der Waals surface area (Å²) in [6.45, 7) is 5.88. The van der Waals surface area contributed by atoms with Crippen LogP contribution in [0.25, 0.3) is 0 Å². The Morgan fingerprint density at radius 3 is 2.58 bits per heavy atom. The van der Waals surface area contributed by atoms with Gasteiger partial charge in [-0.05, 0) is 52.3 Å². The second kappa shape index (κ2) is 10.0. The first-order valence-corrected chi connectivity index (χ1v) is 11.9. The number of nitrogens with zero attached hydrogens (tertiary/aromatic N) is 3. The van der Waals surface area contributed by atoms with Gasteiger partial charge in [-0.15, -0.1) is 0 Å². The topological polar surface area (TPSA) is 81.5 Å².